The zero-order chi connectivity index (χ0) is 14.5. The summed E-state index contributed by atoms with van der Waals surface area (Å²) in [6.07, 6.45) is 0.727. The fraction of sp³-hybridized carbons (Fsp3) is 0.0667. The van der Waals surface area contributed by atoms with Gasteiger partial charge in [-0.05, 0) is 30.3 Å². The van der Waals surface area contributed by atoms with Crippen molar-refractivity contribution >= 4 is 29.5 Å². The van der Waals surface area contributed by atoms with Crippen LogP contribution in [0.15, 0.2) is 42.5 Å². The van der Waals surface area contributed by atoms with Crippen LogP contribution in [0.4, 0.5) is 5.69 Å². The molecule has 0 aliphatic heterocycles. The summed E-state index contributed by atoms with van der Waals surface area (Å²) in [7, 11) is 1.52. The lowest BCUT2D eigenvalue weighted by atomic mass is 10.1. The number of hydrogen-bond acceptors (Lipinski definition) is 3. The molecule has 2 aromatic rings. The van der Waals surface area contributed by atoms with E-state index in [1.54, 1.807) is 42.5 Å². The van der Waals surface area contributed by atoms with E-state index in [0.717, 1.165) is 6.29 Å². The first-order chi connectivity index (χ1) is 9.63. The maximum atomic E-state index is 12.0. The van der Waals surface area contributed by atoms with Gasteiger partial charge in [-0.25, -0.2) is 0 Å². The van der Waals surface area contributed by atoms with Gasteiger partial charge in [0, 0.05) is 16.8 Å². The van der Waals surface area contributed by atoms with Crippen LogP contribution < -0.4 is 10.1 Å². The molecular weight excluding hydrogens is 278 g/mol. The number of rotatable bonds is 4. The maximum Gasteiger partial charge on any atom is 0.255 e. The topological polar surface area (TPSA) is 55.4 Å². The monoisotopic (exact) mass is 289 g/mol. The fourth-order valence-corrected chi connectivity index (χ4v) is 1.92. The number of halogens is 1. The van der Waals surface area contributed by atoms with E-state index in [-0.39, 0.29) is 5.91 Å². The number of nitrogens with one attached hydrogen (secondary N) is 1. The lowest BCUT2D eigenvalue weighted by Gasteiger charge is -2.08. The van der Waals surface area contributed by atoms with Crippen LogP contribution >= 0.6 is 11.6 Å². The third-order valence-corrected chi connectivity index (χ3v) is 3.01. The summed E-state index contributed by atoms with van der Waals surface area (Å²) in [6, 6.07) is 11.3. The van der Waals surface area contributed by atoms with E-state index in [1.165, 1.54) is 7.11 Å². The van der Waals surface area contributed by atoms with Crippen LogP contribution in [0.3, 0.4) is 0 Å². The molecule has 0 unspecified atom stereocenters. The fourth-order valence-electron chi connectivity index (χ4n) is 1.66. The molecule has 2 aromatic carbocycles. The highest BCUT2D eigenvalue weighted by molar-refractivity contribution is 6.32. The summed E-state index contributed by atoms with van der Waals surface area (Å²) in [5.41, 5.74) is 1.55. The number of methoxy groups -OCH3 is 1. The molecule has 102 valence electrons. The van der Waals surface area contributed by atoms with Crippen molar-refractivity contribution in [3.05, 3.63) is 58.6 Å². The van der Waals surface area contributed by atoms with Crippen molar-refractivity contribution in [2.75, 3.05) is 12.4 Å². The van der Waals surface area contributed by atoms with Crippen molar-refractivity contribution in [1.82, 2.24) is 0 Å². The summed E-state index contributed by atoms with van der Waals surface area (Å²) in [4.78, 5) is 22.6. The van der Waals surface area contributed by atoms with Crippen LogP contribution in [0.25, 0.3) is 0 Å². The van der Waals surface area contributed by atoms with Gasteiger partial charge >= 0.3 is 0 Å². The van der Waals surface area contributed by atoms with Crippen LogP contribution in [0.1, 0.15) is 20.7 Å². The van der Waals surface area contributed by atoms with E-state index in [1.807, 2.05) is 0 Å². The van der Waals surface area contributed by atoms with E-state index < -0.39 is 0 Å². The Hall–Kier alpha value is -2.33. The van der Waals surface area contributed by atoms with Crippen molar-refractivity contribution in [2.45, 2.75) is 0 Å². The van der Waals surface area contributed by atoms with Gasteiger partial charge in [0.2, 0.25) is 0 Å². The predicted octanol–water partition coefficient (Wildman–Crippen LogP) is 3.41. The molecule has 20 heavy (non-hydrogen) atoms. The molecule has 0 fully saturated rings. The third kappa shape index (κ3) is 3.16. The Morgan fingerprint density at radius 2 is 1.90 bits per heavy atom. The van der Waals surface area contributed by atoms with Crippen molar-refractivity contribution in [3.63, 3.8) is 0 Å². The first-order valence-corrected chi connectivity index (χ1v) is 6.22. The van der Waals surface area contributed by atoms with Crippen LogP contribution in [0.2, 0.25) is 5.02 Å². The molecule has 1 amide bonds. The van der Waals surface area contributed by atoms with E-state index in [9.17, 15) is 9.59 Å². The highest BCUT2D eigenvalue weighted by Gasteiger charge is 2.08. The highest BCUT2D eigenvalue weighted by atomic mass is 35.5. The van der Waals surface area contributed by atoms with Gasteiger partial charge < -0.3 is 10.1 Å². The number of hydrogen-bond donors (Lipinski definition) is 1. The molecule has 0 saturated heterocycles. The van der Waals surface area contributed by atoms with Crippen LogP contribution in [0.5, 0.6) is 5.75 Å². The van der Waals surface area contributed by atoms with Gasteiger partial charge in [0.05, 0.1) is 12.1 Å². The summed E-state index contributed by atoms with van der Waals surface area (Å²) >= 11 is 5.98. The Bertz CT molecular complexity index is 638. The Labute approximate surface area is 121 Å². The second-order valence-corrected chi connectivity index (χ2v) is 4.45. The number of ether oxygens (including phenoxy) is 1. The van der Waals surface area contributed by atoms with Gasteiger partial charge in [0.25, 0.3) is 5.91 Å². The number of carbonyl (C=O) groups is 2. The van der Waals surface area contributed by atoms with Crippen LogP contribution in [-0.2, 0) is 0 Å². The van der Waals surface area contributed by atoms with E-state index >= 15 is 0 Å². The van der Waals surface area contributed by atoms with E-state index in [2.05, 4.69) is 5.32 Å². The van der Waals surface area contributed by atoms with Gasteiger partial charge in [-0.15, -0.1) is 0 Å². The van der Waals surface area contributed by atoms with E-state index in [4.69, 9.17) is 16.3 Å². The molecule has 0 atom stereocenters. The number of carbonyl (C=O) groups excluding carboxylic acids is 2. The lowest BCUT2D eigenvalue weighted by Crippen LogP contribution is -2.11. The second kappa shape index (κ2) is 6.21. The van der Waals surface area contributed by atoms with Crippen LogP contribution in [-0.4, -0.2) is 19.3 Å². The largest absolute Gasteiger partial charge is 0.495 e. The Morgan fingerprint density at radius 1 is 1.20 bits per heavy atom. The Morgan fingerprint density at radius 3 is 2.45 bits per heavy atom. The average molecular weight is 290 g/mol. The summed E-state index contributed by atoms with van der Waals surface area (Å²) in [6.45, 7) is 0. The molecule has 0 aliphatic carbocycles. The van der Waals surface area contributed by atoms with E-state index in [0.29, 0.717) is 27.6 Å². The quantitative estimate of drug-likeness (QED) is 0.878. The third-order valence-electron chi connectivity index (χ3n) is 2.72. The molecule has 4 nitrogen and oxygen atoms in total. The van der Waals surface area contributed by atoms with Gasteiger partial charge in [-0.1, -0.05) is 23.7 Å². The minimum Gasteiger partial charge on any atom is -0.495 e. The molecule has 0 heterocycles. The standard InChI is InChI=1S/C15H12ClNO3/c1-20-14-7-6-12(8-13(14)16)17-15(19)11-4-2-10(9-18)3-5-11/h2-9H,1H3,(H,17,19). The zero-order valence-corrected chi connectivity index (χ0v) is 11.5. The van der Waals surface area contributed by atoms with Crippen molar-refractivity contribution in [3.8, 4) is 5.75 Å². The molecular formula is C15H12ClNO3. The zero-order valence-electron chi connectivity index (χ0n) is 10.7. The van der Waals surface area contributed by atoms with Crippen molar-refractivity contribution in [1.29, 1.82) is 0 Å². The molecule has 0 spiro atoms. The molecule has 0 saturated carbocycles. The lowest BCUT2D eigenvalue weighted by molar-refractivity contribution is 0.102. The van der Waals surface area contributed by atoms with Gasteiger partial charge in [-0.2, -0.15) is 0 Å². The van der Waals surface area contributed by atoms with Gasteiger partial charge in [0.15, 0.2) is 0 Å². The molecule has 0 radical (unpaired) electrons. The first-order valence-electron chi connectivity index (χ1n) is 5.84. The number of amides is 1. The first kappa shape index (κ1) is 14.1. The Kier molecular flexibility index (Phi) is 4.38. The smallest absolute Gasteiger partial charge is 0.255 e. The minimum atomic E-state index is -0.274. The van der Waals surface area contributed by atoms with Crippen molar-refractivity contribution in [2.24, 2.45) is 0 Å². The van der Waals surface area contributed by atoms with Crippen molar-refractivity contribution < 1.29 is 14.3 Å². The molecule has 1 N–H and O–H groups in total. The summed E-state index contributed by atoms with van der Waals surface area (Å²) < 4.78 is 5.04. The SMILES string of the molecule is COc1ccc(NC(=O)c2ccc(C=O)cc2)cc1Cl. The normalized spacial score (nSPS) is 9.90. The molecule has 0 bridgehead atoms. The predicted molar refractivity (Wildman–Crippen MR) is 77.8 cm³/mol. The van der Waals surface area contributed by atoms with Crippen LogP contribution in [0, 0.1) is 0 Å². The summed E-state index contributed by atoms with van der Waals surface area (Å²) in [5, 5.41) is 3.14. The average Bonchev–Trinajstić information content (AvgIpc) is 2.47. The maximum absolute atomic E-state index is 12.0. The number of aldehydes is 1. The molecule has 2 rings (SSSR count). The Balaban J connectivity index is 2.14. The second-order valence-electron chi connectivity index (χ2n) is 4.04. The number of anilines is 1. The highest BCUT2D eigenvalue weighted by Crippen LogP contribution is 2.27. The number of benzene rings is 2. The summed E-state index contributed by atoms with van der Waals surface area (Å²) in [5.74, 6) is 0.267. The molecule has 0 aliphatic rings. The molecule has 5 heteroatoms. The van der Waals surface area contributed by atoms with Gasteiger partial charge in [-0.3, -0.25) is 9.59 Å². The minimum absolute atomic E-state index is 0.274. The van der Waals surface area contributed by atoms with Gasteiger partial charge in [0.1, 0.15) is 12.0 Å². The molecule has 0 aromatic heterocycles.